The number of benzene rings is 1. The van der Waals surface area contributed by atoms with E-state index in [1.54, 1.807) is 0 Å². The summed E-state index contributed by atoms with van der Waals surface area (Å²) in [4.78, 5) is 5.96. The van der Waals surface area contributed by atoms with E-state index in [-0.39, 0.29) is 0 Å². The molecule has 1 N–H and O–H groups in total. The molecule has 0 saturated carbocycles. The number of aromatic amines is 1. The first-order chi connectivity index (χ1) is 11.2. The normalized spacial score (nSPS) is 28.7. The number of hydrogen-bond acceptors (Lipinski definition) is 2. The van der Waals surface area contributed by atoms with Crippen LogP contribution >= 0.6 is 0 Å². The first-order valence-electron chi connectivity index (χ1n) is 8.81. The highest BCUT2D eigenvalue weighted by Crippen LogP contribution is 2.44. The SMILES string of the molecule is CCCS(=O)CC1CC2c3cccc4[nH]cc(c34)CC2N(C)C1. The van der Waals surface area contributed by atoms with Crippen LogP contribution in [0.3, 0.4) is 0 Å². The molecule has 3 nitrogen and oxygen atoms in total. The predicted molar refractivity (Wildman–Crippen MR) is 97.4 cm³/mol. The summed E-state index contributed by atoms with van der Waals surface area (Å²) in [6, 6.07) is 7.28. The molecular formula is C19H26N2OS. The van der Waals surface area contributed by atoms with E-state index in [2.05, 4.69) is 48.3 Å². The average molecular weight is 330 g/mol. The monoisotopic (exact) mass is 330 g/mol. The molecule has 0 bridgehead atoms. The van der Waals surface area contributed by atoms with Crippen molar-refractivity contribution in [3.63, 3.8) is 0 Å². The lowest BCUT2D eigenvalue weighted by atomic mass is 9.73. The molecule has 4 rings (SSSR count). The third-order valence-electron chi connectivity index (χ3n) is 5.67. The van der Waals surface area contributed by atoms with Crippen molar-refractivity contribution in [3.05, 3.63) is 35.5 Å². The minimum absolute atomic E-state index is 0.560. The Morgan fingerprint density at radius 3 is 3.09 bits per heavy atom. The fourth-order valence-corrected chi connectivity index (χ4v) is 6.14. The molecule has 4 unspecified atom stereocenters. The van der Waals surface area contributed by atoms with Gasteiger partial charge in [0.25, 0.3) is 0 Å². The molecule has 1 saturated heterocycles. The van der Waals surface area contributed by atoms with Gasteiger partial charge in [-0.2, -0.15) is 0 Å². The van der Waals surface area contributed by atoms with Gasteiger partial charge in [0.15, 0.2) is 0 Å². The van der Waals surface area contributed by atoms with Gasteiger partial charge in [0.2, 0.25) is 0 Å². The van der Waals surface area contributed by atoms with Crippen molar-refractivity contribution >= 4 is 21.7 Å². The minimum Gasteiger partial charge on any atom is -0.361 e. The zero-order valence-corrected chi connectivity index (χ0v) is 14.9. The molecule has 1 aromatic heterocycles. The maximum Gasteiger partial charge on any atom is 0.0459 e. The molecule has 124 valence electrons. The first-order valence-corrected chi connectivity index (χ1v) is 10.3. The molecule has 0 radical (unpaired) electrons. The summed E-state index contributed by atoms with van der Waals surface area (Å²) < 4.78 is 12.2. The van der Waals surface area contributed by atoms with Gasteiger partial charge < -0.3 is 9.88 Å². The van der Waals surface area contributed by atoms with Crippen molar-refractivity contribution in [1.29, 1.82) is 0 Å². The lowest BCUT2D eigenvalue weighted by Crippen LogP contribution is -2.48. The first kappa shape index (κ1) is 15.4. The number of nitrogens with zero attached hydrogens (tertiary/aromatic N) is 1. The molecule has 4 heteroatoms. The zero-order valence-electron chi connectivity index (χ0n) is 14.0. The van der Waals surface area contributed by atoms with Gasteiger partial charge in [-0.25, -0.2) is 0 Å². The van der Waals surface area contributed by atoms with Crippen LogP contribution in [-0.2, 0) is 17.2 Å². The summed E-state index contributed by atoms with van der Waals surface area (Å²) in [5.41, 5.74) is 4.25. The van der Waals surface area contributed by atoms with Gasteiger partial charge in [0.05, 0.1) is 0 Å². The second-order valence-electron chi connectivity index (χ2n) is 7.31. The second kappa shape index (κ2) is 6.06. The zero-order chi connectivity index (χ0) is 16.0. The second-order valence-corrected chi connectivity index (χ2v) is 8.93. The van der Waals surface area contributed by atoms with Gasteiger partial charge in [-0.15, -0.1) is 0 Å². The van der Waals surface area contributed by atoms with E-state index in [1.807, 2.05) is 0 Å². The van der Waals surface area contributed by atoms with Crippen molar-refractivity contribution in [3.8, 4) is 0 Å². The molecule has 2 heterocycles. The standard InChI is InChI=1S/C19H26N2OS/c1-3-7-23(22)12-13-8-16-15-5-4-6-17-19(15)14(10-20-17)9-18(16)21(2)11-13/h4-6,10,13,16,18,20H,3,7-9,11-12H2,1-2H3. The quantitative estimate of drug-likeness (QED) is 0.934. The maximum atomic E-state index is 12.2. The van der Waals surface area contributed by atoms with E-state index in [9.17, 15) is 4.21 Å². The van der Waals surface area contributed by atoms with Gasteiger partial charge in [-0.05, 0) is 49.4 Å². The number of nitrogens with one attached hydrogen (secondary N) is 1. The van der Waals surface area contributed by atoms with Crippen molar-refractivity contribution in [1.82, 2.24) is 9.88 Å². The van der Waals surface area contributed by atoms with Crippen molar-refractivity contribution in [2.45, 2.75) is 38.1 Å². The van der Waals surface area contributed by atoms with Gasteiger partial charge in [0.1, 0.15) is 0 Å². The fraction of sp³-hybridized carbons (Fsp3) is 0.579. The third-order valence-corrected chi connectivity index (χ3v) is 7.37. The van der Waals surface area contributed by atoms with E-state index in [0.717, 1.165) is 30.9 Å². The van der Waals surface area contributed by atoms with E-state index >= 15 is 0 Å². The maximum absolute atomic E-state index is 12.2. The highest BCUT2D eigenvalue weighted by molar-refractivity contribution is 7.84. The van der Waals surface area contributed by atoms with Gasteiger partial charge in [-0.1, -0.05) is 19.1 Å². The van der Waals surface area contributed by atoms with Crippen molar-refractivity contribution < 1.29 is 4.21 Å². The van der Waals surface area contributed by atoms with E-state index in [1.165, 1.54) is 28.5 Å². The summed E-state index contributed by atoms with van der Waals surface area (Å²) in [6.07, 6.45) is 5.55. The molecule has 1 fully saturated rings. The van der Waals surface area contributed by atoms with Crippen LogP contribution < -0.4 is 0 Å². The number of piperidine rings is 1. The topological polar surface area (TPSA) is 36.1 Å². The molecule has 23 heavy (non-hydrogen) atoms. The van der Waals surface area contributed by atoms with E-state index in [4.69, 9.17) is 0 Å². The van der Waals surface area contributed by atoms with Crippen LogP contribution in [0.1, 0.15) is 36.8 Å². The van der Waals surface area contributed by atoms with Crippen LogP contribution in [0.2, 0.25) is 0 Å². The van der Waals surface area contributed by atoms with Crippen molar-refractivity contribution in [2.75, 3.05) is 25.1 Å². The average Bonchev–Trinajstić information content (AvgIpc) is 2.93. The minimum atomic E-state index is -0.652. The highest BCUT2D eigenvalue weighted by Gasteiger charge is 2.39. The third kappa shape index (κ3) is 2.66. The van der Waals surface area contributed by atoms with E-state index < -0.39 is 10.8 Å². The molecule has 4 atom stereocenters. The Morgan fingerprint density at radius 1 is 1.39 bits per heavy atom. The molecule has 0 amide bonds. The summed E-state index contributed by atoms with van der Waals surface area (Å²) in [6.45, 7) is 3.21. The van der Waals surface area contributed by atoms with Crippen molar-refractivity contribution in [2.24, 2.45) is 5.92 Å². The summed E-state index contributed by atoms with van der Waals surface area (Å²) in [7, 11) is 1.60. The number of fused-ring (bicyclic) bond motifs is 2. The Labute approximate surface area is 140 Å². The van der Waals surface area contributed by atoms with E-state index in [0.29, 0.717) is 17.9 Å². The van der Waals surface area contributed by atoms with Crippen LogP contribution in [0.5, 0.6) is 0 Å². The lowest BCUT2D eigenvalue weighted by Gasteiger charge is -2.45. The van der Waals surface area contributed by atoms with Crippen LogP contribution in [0.25, 0.3) is 10.9 Å². The van der Waals surface area contributed by atoms with Gasteiger partial charge >= 0.3 is 0 Å². The van der Waals surface area contributed by atoms with Gasteiger partial charge in [-0.3, -0.25) is 4.21 Å². The number of H-pyrrole nitrogens is 1. The Bertz CT molecular complexity index is 738. The fourth-order valence-electron chi connectivity index (χ4n) is 4.75. The molecule has 0 spiro atoms. The number of aromatic nitrogens is 1. The van der Waals surface area contributed by atoms with Crippen LogP contribution in [0.4, 0.5) is 0 Å². The molecular weight excluding hydrogens is 304 g/mol. The Kier molecular flexibility index (Phi) is 4.06. The Morgan fingerprint density at radius 2 is 2.26 bits per heavy atom. The molecule has 1 aromatic carbocycles. The largest absolute Gasteiger partial charge is 0.361 e. The molecule has 1 aliphatic heterocycles. The summed E-state index contributed by atoms with van der Waals surface area (Å²) in [5.74, 6) is 2.87. The summed E-state index contributed by atoms with van der Waals surface area (Å²) in [5, 5.41) is 1.46. The predicted octanol–water partition coefficient (Wildman–Crippen LogP) is 3.29. The smallest absolute Gasteiger partial charge is 0.0459 e. The molecule has 1 aliphatic carbocycles. The number of rotatable bonds is 4. The Balaban J connectivity index is 1.64. The summed E-state index contributed by atoms with van der Waals surface area (Å²) >= 11 is 0. The lowest BCUT2D eigenvalue weighted by molar-refractivity contribution is 0.121. The molecule has 2 aromatic rings. The molecule has 2 aliphatic rings. The highest BCUT2D eigenvalue weighted by atomic mass is 32.2. The van der Waals surface area contributed by atoms with Gasteiger partial charge in [0, 0.05) is 57.9 Å². The number of likely N-dealkylation sites (N-methyl/N-ethyl adjacent to an activating group) is 1. The number of likely N-dealkylation sites (tertiary alicyclic amines) is 1. The van der Waals surface area contributed by atoms with Crippen LogP contribution in [0.15, 0.2) is 24.4 Å². The van der Waals surface area contributed by atoms with Crippen LogP contribution in [0, 0.1) is 5.92 Å². The Hall–Kier alpha value is -1.13. The number of hydrogen-bond donors (Lipinski definition) is 1. The van der Waals surface area contributed by atoms with Crippen LogP contribution in [-0.4, -0.2) is 45.2 Å².